The molecule has 9 heteroatoms. The molecule has 214 valence electrons. The molecule has 2 amide bonds. The molecule has 1 atom stereocenters. The van der Waals surface area contributed by atoms with Crippen molar-refractivity contribution in [2.75, 3.05) is 23.7 Å². The van der Waals surface area contributed by atoms with E-state index in [2.05, 4.69) is 21.2 Å². The highest BCUT2D eigenvalue weighted by molar-refractivity contribution is 9.10. The predicted molar refractivity (Wildman–Crippen MR) is 165 cm³/mol. The predicted octanol–water partition coefficient (Wildman–Crippen LogP) is 5.24. The Morgan fingerprint density at radius 3 is 2.23 bits per heavy atom. The highest BCUT2D eigenvalue weighted by Crippen LogP contribution is 2.25. The van der Waals surface area contributed by atoms with Gasteiger partial charge in [-0.05, 0) is 60.2 Å². The Labute approximate surface area is 246 Å². The third-order valence-electron chi connectivity index (χ3n) is 6.51. The normalized spacial score (nSPS) is 12.2. The van der Waals surface area contributed by atoms with Gasteiger partial charge in [-0.25, -0.2) is 8.42 Å². The molecule has 0 aromatic heterocycles. The molecule has 0 aliphatic heterocycles. The number of sulfonamides is 1. The number of hydrogen-bond donors (Lipinski definition) is 1. The summed E-state index contributed by atoms with van der Waals surface area (Å²) in [6, 6.07) is 21.7. The molecular formula is C31H38BrN3O4S. The van der Waals surface area contributed by atoms with Crippen LogP contribution in [0, 0.1) is 19.8 Å². The highest BCUT2D eigenvalue weighted by Gasteiger charge is 2.33. The van der Waals surface area contributed by atoms with E-state index in [4.69, 9.17) is 0 Å². The van der Waals surface area contributed by atoms with Gasteiger partial charge in [0, 0.05) is 24.0 Å². The van der Waals surface area contributed by atoms with Gasteiger partial charge in [0.1, 0.15) is 12.6 Å². The second-order valence-corrected chi connectivity index (χ2v) is 13.4. The Kier molecular flexibility index (Phi) is 10.9. The van der Waals surface area contributed by atoms with E-state index < -0.39 is 28.5 Å². The van der Waals surface area contributed by atoms with E-state index in [1.165, 1.54) is 4.90 Å². The summed E-state index contributed by atoms with van der Waals surface area (Å²) >= 11 is 3.49. The van der Waals surface area contributed by atoms with Crippen molar-refractivity contribution >= 4 is 43.5 Å². The third kappa shape index (κ3) is 8.93. The van der Waals surface area contributed by atoms with Gasteiger partial charge in [0.05, 0.1) is 11.9 Å². The van der Waals surface area contributed by atoms with Crippen LogP contribution < -0.4 is 9.62 Å². The van der Waals surface area contributed by atoms with Crippen molar-refractivity contribution in [1.29, 1.82) is 0 Å². The van der Waals surface area contributed by atoms with Crippen LogP contribution in [-0.4, -0.2) is 50.5 Å². The molecule has 3 rings (SSSR count). The van der Waals surface area contributed by atoms with Crippen molar-refractivity contribution in [3.8, 4) is 0 Å². The maximum Gasteiger partial charge on any atom is 0.244 e. The summed E-state index contributed by atoms with van der Waals surface area (Å²) in [7, 11) is -3.81. The number of halogens is 1. The van der Waals surface area contributed by atoms with Gasteiger partial charge < -0.3 is 10.2 Å². The van der Waals surface area contributed by atoms with Crippen LogP contribution in [0.2, 0.25) is 0 Å². The van der Waals surface area contributed by atoms with Gasteiger partial charge in [0.15, 0.2) is 0 Å². The zero-order valence-corrected chi connectivity index (χ0v) is 26.1. The number of amides is 2. The average Bonchev–Trinajstić information content (AvgIpc) is 2.89. The molecule has 0 aliphatic carbocycles. The molecule has 0 saturated carbocycles. The molecule has 0 aliphatic rings. The zero-order chi connectivity index (χ0) is 29.4. The van der Waals surface area contributed by atoms with E-state index in [-0.39, 0.29) is 24.8 Å². The molecule has 0 fully saturated rings. The molecule has 1 N–H and O–H groups in total. The summed E-state index contributed by atoms with van der Waals surface area (Å²) in [6.45, 7) is 7.86. The molecule has 0 heterocycles. The van der Waals surface area contributed by atoms with Crippen LogP contribution in [-0.2, 0) is 32.6 Å². The van der Waals surface area contributed by atoms with E-state index in [9.17, 15) is 18.0 Å². The maximum atomic E-state index is 14.2. The quantitative estimate of drug-likeness (QED) is 0.297. The first-order valence-electron chi connectivity index (χ1n) is 13.3. The first kappa shape index (κ1) is 31.4. The lowest BCUT2D eigenvalue weighted by atomic mass is 10.0. The summed E-state index contributed by atoms with van der Waals surface area (Å²) in [6.07, 6.45) is 1.38. The minimum Gasteiger partial charge on any atom is -0.354 e. The van der Waals surface area contributed by atoms with Crippen molar-refractivity contribution in [3.05, 3.63) is 99.5 Å². The van der Waals surface area contributed by atoms with E-state index in [1.807, 2.05) is 94.4 Å². The molecular weight excluding hydrogens is 590 g/mol. The minimum atomic E-state index is -3.81. The molecule has 7 nitrogen and oxygen atoms in total. The lowest BCUT2D eigenvalue weighted by molar-refractivity contribution is -0.140. The zero-order valence-electron chi connectivity index (χ0n) is 23.7. The van der Waals surface area contributed by atoms with Gasteiger partial charge in [-0.3, -0.25) is 13.9 Å². The summed E-state index contributed by atoms with van der Waals surface area (Å²) in [4.78, 5) is 29.3. The molecule has 0 saturated heterocycles. The molecule has 40 heavy (non-hydrogen) atoms. The van der Waals surface area contributed by atoms with E-state index >= 15 is 0 Å². The van der Waals surface area contributed by atoms with Crippen LogP contribution >= 0.6 is 15.9 Å². The fraction of sp³-hybridized carbons (Fsp3) is 0.355. The first-order chi connectivity index (χ1) is 18.8. The minimum absolute atomic E-state index is 0.134. The number of aryl methyl sites for hydroxylation is 2. The Bertz CT molecular complexity index is 1430. The number of rotatable bonds is 12. The van der Waals surface area contributed by atoms with Gasteiger partial charge in [-0.15, -0.1) is 0 Å². The van der Waals surface area contributed by atoms with Gasteiger partial charge in [0.25, 0.3) is 0 Å². The molecule has 0 bridgehead atoms. The molecule has 0 unspecified atom stereocenters. The van der Waals surface area contributed by atoms with Gasteiger partial charge in [-0.1, -0.05) is 84.4 Å². The lowest BCUT2D eigenvalue weighted by Gasteiger charge is -2.34. The fourth-order valence-corrected chi connectivity index (χ4v) is 5.74. The Balaban J connectivity index is 2.07. The van der Waals surface area contributed by atoms with Crippen LogP contribution in [0.1, 0.15) is 36.1 Å². The number of anilines is 1. The fourth-order valence-electron chi connectivity index (χ4n) is 4.39. The monoisotopic (exact) mass is 627 g/mol. The number of carbonyl (C=O) groups is 2. The third-order valence-corrected chi connectivity index (χ3v) is 8.13. The maximum absolute atomic E-state index is 14.2. The average molecular weight is 629 g/mol. The van der Waals surface area contributed by atoms with Crippen molar-refractivity contribution in [1.82, 2.24) is 10.2 Å². The van der Waals surface area contributed by atoms with Crippen molar-refractivity contribution in [3.63, 3.8) is 0 Å². The first-order valence-corrected chi connectivity index (χ1v) is 15.9. The number of nitrogens with zero attached hydrogens (tertiary/aromatic N) is 2. The highest BCUT2D eigenvalue weighted by atomic mass is 79.9. The SMILES string of the molecule is Cc1ccc(C)c(N(CC(=O)N(Cc2cccc(Br)c2)[C@@H](Cc2ccccc2)C(=O)NCC(C)C)S(C)(=O)=O)c1. The van der Waals surface area contributed by atoms with E-state index in [0.717, 1.165) is 37.3 Å². The Morgan fingerprint density at radius 1 is 0.925 bits per heavy atom. The topological polar surface area (TPSA) is 86.8 Å². The van der Waals surface area contributed by atoms with Crippen LogP contribution in [0.3, 0.4) is 0 Å². The van der Waals surface area contributed by atoms with Crippen LogP contribution in [0.5, 0.6) is 0 Å². The molecule has 0 spiro atoms. The summed E-state index contributed by atoms with van der Waals surface area (Å²) in [5.74, 6) is -0.522. The summed E-state index contributed by atoms with van der Waals surface area (Å²) in [5.41, 5.74) is 3.77. The second kappa shape index (κ2) is 13.9. The van der Waals surface area contributed by atoms with Gasteiger partial charge in [-0.2, -0.15) is 0 Å². The van der Waals surface area contributed by atoms with Gasteiger partial charge in [0.2, 0.25) is 21.8 Å². The van der Waals surface area contributed by atoms with Crippen molar-refractivity contribution < 1.29 is 18.0 Å². The number of carbonyl (C=O) groups excluding carboxylic acids is 2. The van der Waals surface area contributed by atoms with Crippen LogP contribution in [0.4, 0.5) is 5.69 Å². The number of nitrogens with one attached hydrogen (secondary N) is 1. The standard InChI is InChI=1S/C31H38BrN3O4S/c1-22(2)19-33-31(37)29(18-25-10-7-6-8-11-25)34(20-26-12-9-13-27(32)17-26)30(36)21-35(40(5,38)39)28-16-23(3)14-15-24(28)4/h6-17,22,29H,18-21H2,1-5H3,(H,33,37)/t29-/m0/s1. The van der Waals surface area contributed by atoms with Crippen molar-refractivity contribution in [2.24, 2.45) is 5.92 Å². The Hall–Kier alpha value is -3.17. The number of benzene rings is 3. The number of hydrogen-bond acceptors (Lipinski definition) is 4. The second-order valence-electron chi connectivity index (χ2n) is 10.6. The largest absolute Gasteiger partial charge is 0.354 e. The van der Waals surface area contributed by atoms with Crippen molar-refractivity contribution in [2.45, 2.75) is 46.7 Å². The Morgan fingerprint density at radius 2 is 1.60 bits per heavy atom. The van der Waals surface area contributed by atoms with Gasteiger partial charge >= 0.3 is 0 Å². The molecule has 3 aromatic carbocycles. The molecule has 0 radical (unpaired) electrons. The van der Waals surface area contributed by atoms with Crippen LogP contribution in [0.25, 0.3) is 0 Å². The van der Waals surface area contributed by atoms with Crippen LogP contribution in [0.15, 0.2) is 77.3 Å². The van der Waals surface area contributed by atoms with E-state index in [0.29, 0.717) is 12.2 Å². The van der Waals surface area contributed by atoms with E-state index in [1.54, 1.807) is 6.07 Å². The lowest BCUT2D eigenvalue weighted by Crippen LogP contribution is -2.53. The summed E-state index contributed by atoms with van der Waals surface area (Å²) < 4.78 is 28.0. The summed E-state index contributed by atoms with van der Waals surface area (Å²) in [5, 5.41) is 2.99. The smallest absolute Gasteiger partial charge is 0.244 e. The molecule has 3 aromatic rings.